The standard InChI is InChI=1S/C12H12FN3O/c1-7-3-4-8(13)5-9(7)10-11(17-2)12(14)16-6-15-10/h3-6H,1-2H3,(H2,14,15,16). The van der Waals surface area contributed by atoms with Crippen molar-refractivity contribution < 1.29 is 9.13 Å². The quantitative estimate of drug-likeness (QED) is 0.863. The fraction of sp³-hybridized carbons (Fsp3) is 0.167. The van der Waals surface area contributed by atoms with Crippen molar-refractivity contribution in [3.8, 4) is 17.0 Å². The molecule has 0 radical (unpaired) electrons. The van der Waals surface area contributed by atoms with Crippen molar-refractivity contribution in [1.82, 2.24) is 9.97 Å². The normalized spacial score (nSPS) is 10.3. The van der Waals surface area contributed by atoms with E-state index in [9.17, 15) is 4.39 Å². The van der Waals surface area contributed by atoms with Crippen LogP contribution in [0.15, 0.2) is 24.5 Å². The summed E-state index contributed by atoms with van der Waals surface area (Å²) in [6.07, 6.45) is 1.33. The van der Waals surface area contributed by atoms with Gasteiger partial charge in [-0.25, -0.2) is 14.4 Å². The van der Waals surface area contributed by atoms with Crippen molar-refractivity contribution >= 4 is 5.82 Å². The van der Waals surface area contributed by atoms with Crippen LogP contribution in [0.25, 0.3) is 11.3 Å². The number of aryl methyl sites for hydroxylation is 1. The molecule has 2 aromatic rings. The third kappa shape index (κ3) is 2.04. The van der Waals surface area contributed by atoms with Gasteiger partial charge in [-0.1, -0.05) is 6.07 Å². The van der Waals surface area contributed by atoms with E-state index in [2.05, 4.69) is 9.97 Å². The maximum atomic E-state index is 13.3. The molecule has 2 N–H and O–H groups in total. The third-order valence-corrected chi connectivity index (χ3v) is 2.49. The number of halogens is 1. The molecule has 1 aromatic heterocycles. The van der Waals surface area contributed by atoms with E-state index in [0.29, 0.717) is 17.0 Å². The fourth-order valence-corrected chi connectivity index (χ4v) is 1.63. The Morgan fingerprint density at radius 2 is 2.06 bits per heavy atom. The second-order valence-electron chi connectivity index (χ2n) is 3.60. The molecule has 0 spiro atoms. The molecule has 0 fully saturated rings. The Labute approximate surface area is 98.3 Å². The minimum Gasteiger partial charge on any atom is -0.491 e. The number of methoxy groups -OCH3 is 1. The number of anilines is 1. The summed E-state index contributed by atoms with van der Waals surface area (Å²) in [5, 5.41) is 0. The minimum atomic E-state index is -0.329. The van der Waals surface area contributed by atoms with Crippen molar-refractivity contribution in [1.29, 1.82) is 0 Å². The summed E-state index contributed by atoms with van der Waals surface area (Å²) in [5.41, 5.74) is 7.73. The number of benzene rings is 1. The van der Waals surface area contributed by atoms with Crippen LogP contribution in [0.1, 0.15) is 5.56 Å². The second-order valence-corrected chi connectivity index (χ2v) is 3.60. The smallest absolute Gasteiger partial charge is 0.187 e. The Morgan fingerprint density at radius 3 is 2.76 bits per heavy atom. The molecular formula is C12H12FN3O. The van der Waals surface area contributed by atoms with E-state index >= 15 is 0 Å². The topological polar surface area (TPSA) is 61.0 Å². The van der Waals surface area contributed by atoms with Gasteiger partial charge in [-0.2, -0.15) is 0 Å². The van der Waals surface area contributed by atoms with Crippen LogP contribution in [0, 0.1) is 12.7 Å². The van der Waals surface area contributed by atoms with Crippen LogP contribution in [-0.4, -0.2) is 17.1 Å². The van der Waals surface area contributed by atoms with Crippen molar-refractivity contribution in [2.45, 2.75) is 6.92 Å². The molecule has 0 aliphatic heterocycles. The molecule has 5 heteroatoms. The van der Waals surface area contributed by atoms with Crippen molar-refractivity contribution in [3.05, 3.63) is 35.9 Å². The zero-order chi connectivity index (χ0) is 12.4. The SMILES string of the molecule is COc1c(N)ncnc1-c1cc(F)ccc1C. The van der Waals surface area contributed by atoms with E-state index in [1.165, 1.54) is 25.6 Å². The van der Waals surface area contributed by atoms with Crippen molar-refractivity contribution in [2.75, 3.05) is 12.8 Å². The zero-order valence-corrected chi connectivity index (χ0v) is 9.57. The van der Waals surface area contributed by atoms with Gasteiger partial charge in [0.2, 0.25) is 0 Å². The lowest BCUT2D eigenvalue weighted by Crippen LogP contribution is -2.00. The maximum Gasteiger partial charge on any atom is 0.187 e. The zero-order valence-electron chi connectivity index (χ0n) is 9.57. The molecule has 1 aromatic carbocycles. The number of ether oxygens (including phenoxy) is 1. The lowest BCUT2D eigenvalue weighted by atomic mass is 10.0. The van der Waals surface area contributed by atoms with Gasteiger partial charge in [-0.15, -0.1) is 0 Å². The van der Waals surface area contributed by atoms with Gasteiger partial charge < -0.3 is 10.5 Å². The Bertz CT molecular complexity index is 557. The number of nitrogen functional groups attached to an aromatic ring is 1. The number of aromatic nitrogens is 2. The molecule has 0 saturated carbocycles. The predicted octanol–water partition coefficient (Wildman–Crippen LogP) is 2.18. The first kappa shape index (κ1) is 11.3. The number of hydrogen-bond donors (Lipinski definition) is 1. The van der Waals surface area contributed by atoms with Gasteiger partial charge in [0.25, 0.3) is 0 Å². The highest BCUT2D eigenvalue weighted by Gasteiger charge is 2.14. The minimum absolute atomic E-state index is 0.237. The van der Waals surface area contributed by atoms with Gasteiger partial charge >= 0.3 is 0 Å². The van der Waals surface area contributed by atoms with Crippen LogP contribution in [0.4, 0.5) is 10.2 Å². The number of rotatable bonds is 2. The monoisotopic (exact) mass is 233 g/mol. The fourth-order valence-electron chi connectivity index (χ4n) is 1.63. The van der Waals surface area contributed by atoms with Crippen LogP contribution in [-0.2, 0) is 0 Å². The highest BCUT2D eigenvalue weighted by molar-refractivity contribution is 5.73. The van der Waals surface area contributed by atoms with E-state index in [-0.39, 0.29) is 11.6 Å². The molecule has 0 amide bonds. The summed E-state index contributed by atoms with van der Waals surface area (Å²) in [6, 6.07) is 4.48. The predicted molar refractivity (Wildman–Crippen MR) is 63.1 cm³/mol. The molecule has 0 atom stereocenters. The second kappa shape index (κ2) is 4.37. The van der Waals surface area contributed by atoms with Gasteiger partial charge in [0, 0.05) is 5.56 Å². The third-order valence-electron chi connectivity index (χ3n) is 2.49. The Hall–Kier alpha value is -2.17. The highest BCUT2D eigenvalue weighted by Crippen LogP contribution is 2.33. The first-order valence-corrected chi connectivity index (χ1v) is 5.04. The van der Waals surface area contributed by atoms with Crippen LogP contribution in [0.3, 0.4) is 0 Å². The summed E-state index contributed by atoms with van der Waals surface area (Å²) in [5.74, 6) is 0.271. The number of nitrogens with two attached hydrogens (primary N) is 1. The summed E-state index contributed by atoms with van der Waals surface area (Å²) in [7, 11) is 1.48. The molecule has 4 nitrogen and oxygen atoms in total. The van der Waals surface area contributed by atoms with Crippen LogP contribution >= 0.6 is 0 Å². The number of hydrogen-bond acceptors (Lipinski definition) is 4. The average Bonchev–Trinajstić information content (AvgIpc) is 2.32. The first-order valence-electron chi connectivity index (χ1n) is 5.04. The molecule has 0 saturated heterocycles. The summed E-state index contributed by atoms with van der Waals surface area (Å²) < 4.78 is 18.4. The van der Waals surface area contributed by atoms with E-state index < -0.39 is 0 Å². The van der Waals surface area contributed by atoms with E-state index in [4.69, 9.17) is 10.5 Å². The van der Waals surface area contributed by atoms with E-state index in [1.54, 1.807) is 6.07 Å². The molecule has 0 aliphatic rings. The Balaban J connectivity index is 2.68. The lowest BCUT2D eigenvalue weighted by molar-refractivity contribution is 0.415. The molecule has 0 aliphatic carbocycles. The van der Waals surface area contributed by atoms with Crippen LogP contribution in [0.5, 0.6) is 5.75 Å². The molecule has 0 unspecified atom stereocenters. The van der Waals surface area contributed by atoms with Crippen LogP contribution in [0.2, 0.25) is 0 Å². The van der Waals surface area contributed by atoms with Gasteiger partial charge in [-0.3, -0.25) is 0 Å². The molecule has 2 rings (SSSR count). The summed E-state index contributed by atoms with van der Waals surface area (Å²) in [4.78, 5) is 7.94. The lowest BCUT2D eigenvalue weighted by Gasteiger charge is -2.11. The van der Waals surface area contributed by atoms with Gasteiger partial charge in [0.05, 0.1) is 7.11 Å². The van der Waals surface area contributed by atoms with Gasteiger partial charge in [0.1, 0.15) is 17.8 Å². The maximum absolute atomic E-state index is 13.3. The molecule has 1 heterocycles. The number of nitrogens with zero attached hydrogens (tertiary/aromatic N) is 2. The Kier molecular flexibility index (Phi) is 2.91. The first-order chi connectivity index (χ1) is 8.13. The Morgan fingerprint density at radius 1 is 1.29 bits per heavy atom. The van der Waals surface area contributed by atoms with Gasteiger partial charge in [-0.05, 0) is 24.6 Å². The van der Waals surface area contributed by atoms with Gasteiger partial charge in [0.15, 0.2) is 11.6 Å². The largest absolute Gasteiger partial charge is 0.491 e. The van der Waals surface area contributed by atoms with E-state index in [1.807, 2.05) is 6.92 Å². The molecule has 88 valence electrons. The van der Waals surface area contributed by atoms with E-state index in [0.717, 1.165) is 5.56 Å². The average molecular weight is 233 g/mol. The van der Waals surface area contributed by atoms with Crippen LogP contribution < -0.4 is 10.5 Å². The van der Waals surface area contributed by atoms with Crippen molar-refractivity contribution in [2.24, 2.45) is 0 Å². The molecule has 0 bridgehead atoms. The summed E-state index contributed by atoms with van der Waals surface area (Å²) >= 11 is 0. The highest BCUT2D eigenvalue weighted by atomic mass is 19.1. The molecule has 17 heavy (non-hydrogen) atoms. The molecular weight excluding hydrogens is 221 g/mol. The van der Waals surface area contributed by atoms with Crippen molar-refractivity contribution in [3.63, 3.8) is 0 Å². The summed E-state index contributed by atoms with van der Waals surface area (Å²) in [6.45, 7) is 1.87.